The van der Waals surface area contributed by atoms with E-state index in [1.807, 2.05) is 0 Å². The van der Waals surface area contributed by atoms with Gasteiger partial charge in [0.1, 0.15) is 0 Å². The minimum absolute atomic E-state index is 0. The molecule has 2 atom stereocenters. The molecule has 1 saturated heterocycles. The van der Waals surface area contributed by atoms with E-state index in [9.17, 15) is 4.79 Å². The highest BCUT2D eigenvalue weighted by molar-refractivity contribution is 5.85. The summed E-state index contributed by atoms with van der Waals surface area (Å²) in [5, 5.41) is 0. The molecule has 1 amide bonds. The molecule has 1 aliphatic heterocycles. The van der Waals surface area contributed by atoms with Crippen molar-refractivity contribution in [1.29, 1.82) is 0 Å². The molecule has 3 rings (SSSR count). The molecule has 1 heterocycles. The number of carbonyl (C=O) groups excluding carboxylic acids is 1. The fourth-order valence-corrected chi connectivity index (χ4v) is 4.01. The lowest BCUT2D eigenvalue weighted by Gasteiger charge is -2.34. The highest BCUT2D eigenvalue weighted by Gasteiger charge is 2.33. The lowest BCUT2D eigenvalue weighted by Crippen LogP contribution is -2.44. The zero-order chi connectivity index (χ0) is 13.9. The molecule has 0 aromatic rings. The van der Waals surface area contributed by atoms with Gasteiger partial charge in [0.05, 0.1) is 12.2 Å². The molecule has 0 spiro atoms. The van der Waals surface area contributed by atoms with Gasteiger partial charge in [-0.05, 0) is 44.9 Å². The first kappa shape index (κ1) is 17.0. The Balaban J connectivity index is 0.00000161. The van der Waals surface area contributed by atoms with Crippen LogP contribution in [0.5, 0.6) is 0 Å². The van der Waals surface area contributed by atoms with Gasteiger partial charge in [0.15, 0.2) is 0 Å². The Labute approximate surface area is 134 Å². The number of halogens is 1. The van der Waals surface area contributed by atoms with Gasteiger partial charge in [-0.1, -0.05) is 12.8 Å². The van der Waals surface area contributed by atoms with E-state index in [1.54, 1.807) is 0 Å². The van der Waals surface area contributed by atoms with Gasteiger partial charge in [-0.15, -0.1) is 12.4 Å². The maximum atomic E-state index is 12.4. The van der Waals surface area contributed by atoms with Gasteiger partial charge in [0.2, 0.25) is 5.91 Å². The highest BCUT2D eigenvalue weighted by Crippen LogP contribution is 2.29. The Kier molecular flexibility index (Phi) is 6.33. The molecule has 2 aliphatic carbocycles. The predicted octanol–water partition coefficient (Wildman–Crippen LogP) is 2.49. The SMILES string of the molecule is Cl.NC1CCC(C(=O)N2CCC(OC3CCCC3)CC2)C1. The number of amides is 1. The smallest absolute Gasteiger partial charge is 0.225 e. The molecule has 3 aliphatic rings. The Morgan fingerprint density at radius 1 is 0.952 bits per heavy atom. The molecule has 122 valence electrons. The average molecular weight is 317 g/mol. The van der Waals surface area contributed by atoms with E-state index >= 15 is 0 Å². The molecule has 2 unspecified atom stereocenters. The number of nitrogens with zero attached hydrogens (tertiary/aromatic N) is 1. The summed E-state index contributed by atoms with van der Waals surface area (Å²) in [6.07, 6.45) is 10.9. The van der Waals surface area contributed by atoms with Gasteiger partial charge in [-0.2, -0.15) is 0 Å². The van der Waals surface area contributed by atoms with Crippen LogP contribution in [0.15, 0.2) is 0 Å². The number of carbonyl (C=O) groups is 1. The first-order chi connectivity index (χ1) is 9.72. The van der Waals surface area contributed by atoms with Crippen molar-refractivity contribution in [3.8, 4) is 0 Å². The van der Waals surface area contributed by atoms with Crippen molar-refractivity contribution in [3.63, 3.8) is 0 Å². The lowest BCUT2D eigenvalue weighted by molar-refractivity contribution is -0.138. The minimum atomic E-state index is 0. The number of piperidine rings is 1. The van der Waals surface area contributed by atoms with E-state index in [4.69, 9.17) is 10.5 Å². The molecule has 4 nitrogen and oxygen atoms in total. The van der Waals surface area contributed by atoms with Gasteiger partial charge in [0.25, 0.3) is 0 Å². The maximum Gasteiger partial charge on any atom is 0.225 e. The fourth-order valence-electron chi connectivity index (χ4n) is 4.01. The van der Waals surface area contributed by atoms with Crippen molar-refractivity contribution in [2.45, 2.75) is 76.0 Å². The summed E-state index contributed by atoms with van der Waals surface area (Å²) in [7, 11) is 0. The second-order valence-electron chi connectivity index (χ2n) is 6.84. The van der Waals surface area contributed by atoms with Crippen LogP contribution in [-0.4, -0.2) is 42.1 Å². The van der Waals surface area contributed by atoms with Gasteiger partial charge in [-0.3, -0.25) is 4.79 Å². The van der Waals surface area contributed by atoms with E-state index in [2.05, 4.69) is 4.90 Å². The molecule has 5 heteroatoms. The summed E-state index contributed by atoms with van der Waals surface area (Å²) in [5.74, 6) is 0.537. The summed E-state index contributed by atoms with van der Waals surface area (Å²) in [6, 6.07) is 0.243. The molecule has 3 fully saturated rings. The number of likely N-dealkylation sites (tertiary alicyclic amines) is 1. The molecule has 21 heavy (non-hydrogen) atoms. The zero-order valence-electron chi connectivity index (χ0n) is 12.8. The van der Waals surface area contributed by atoms with Crippen LogP contribution in [0.2, 0.25) is 0 Å². The zero-order valence-corrected chi connectivity index (χ0v) is 13.7. The van der Waals surface area contributed by atoms with Crippen molar-refractivity contribution in [1.82, 2.24) is 4.90 Å². The van der Waals surface area contributed by atoms with Gasteiger partial charge < -0.3 is 15.4 Å². The topological polar surface area (TPSA) is 55.6 Å². The van der Waals surface area contributed by atoms with Crippen LogP contribution >= 0.6 is 12.4 Å². The Morgan fingerprint density at radius 3 is 2.14 bits per heavy atom. The second kappa shape index (κ2) is 7.80. The third kappa shape index (κ3) is 4.33. The molecular weight excluding hydrogens is 288 g/mol. The van der Waals surface area contributed by atoms with Crippen molar-refractivity contribution >= 4 is 18.3 Å². The number of ether oxygens (including phenoxy) is 1. The number of hydrogen-bond acceptors (Lipinski definition) is 3. The fraction of sp³-hybridized carbons (Fsp3) is 0.938. The van der Waals surface area contributed by atoms with E-state index in [0.717, 1.165) is 45.2 Å². The Hall–Kier alpha value is -0.320. The van der Waals surface area contributed by atoms with Crippen LogP contribution in [-0.2, 0) is 9.53 Å². The second-order valence-corrected chi connectivity index (χ2v) is 6.84. The number of rotatable bonds is 3. The predicted molar refractivity (Wildman–Crippen MR) is 85.5 cm³/mol. The molecule has 0 aromatic heterocycles. The van der Waals surface area contributed by atoms with E-state index in [1.165, 1.54) is 25.7 Å². The van der Waals surface area contributed by atoms with E-state index in [0.29, 0.717) is 18.1 Å². The summed E-state index contributed by atoms with van der Waals surface area (Å²) < 4.78 is 6.16. The standard InChI is InChI=1S/C16H28N2O2.ClH/c17-13-6-5-12(11-13)16(19)18-9-7-15(8-10-18)20-14-3-1-2-4-14;/h12-15H,1-11,17H2;1H. The van der Waals surface area contributed by atoms with Gasteiger partial charge >= 0.3 is 0 Å². The van der Waals surface area contributed by atoms with Gasteiger partial charge in [0, 0.05) is 25.0 Å². The quantitative estimate of drug-likeness (QED) is 0.870. The maximum absolute atomic E-state index is 12.4. The van der Waals surface area contributed by atoms with Crippen LogP contribution in [0.25, 0.3) is 0 Å². The van der Waals surface area contributed by atoms with Crippen LogP contribution in [0.4, 0.5) is 0 Å². The summed E-state index contributed by atoms with van der Waals surface area (Å²) in [4.78, 5) is 14.5. The summed E-state index contributed by atoms with van der Waals surface area (Å²) in [5.41, 5.74) is 5.92. The molecule has 0 aromatic carbocycles. The number of nitrogens with two attached hydrogens (primary N) is 1. The average Bonchev–Trinajstić information content (AvgIpc) is 3.10. The highest BCUT2D eigenvalue weighted by atomic mass is 35.5. The third-order valence-corrected chi connectivity index (χ3v) is 5.26. The van der Waals surface area contributed by atoms with Gasteiger partial charge in [-0.25, -0.2) is 0 Å². The van der Waals surface area contributed by atoms with Crippen LogP contribution in [0, 0.1) is 5.92 Å². The molecule has 0 bridgehead atoms. The van der Waals surface area contributed by atoms with Crippen molar-refractivity contribution in [2.24, 2.45) is 11.7 Å². The van der Waals surface area contributed by atoms with Crippen LogP contribution < -0.4 is 5.73 Å². The third-order valence-electron chi connectivity index (χ3n) is 5.26. The van der Waals surface area contributed by atoms with Crippen LogP contribution in [0.1, 0.15) is 57.8 Å². The molecule has 0 radical (unpaired) electrons. The lowest BCUT2D eigenvalue weighted by atomic mass is 10.0. The van der Waals surface area contributed by atoms with E-state index < -0.39 is 0 Å². The van der Waals surface area contributed by atoms with E-state index in [-0.39, 0.29) is 24.4 Å². The Bertz CT molecular complexity index is 339. The van der Waals surface area contributed by atoms with Crippen molar-refractivity contribution in [3.05, 3.63) is 0 Å². The minimum Gasteiger partial charge on any atom is -0.375 e. The first-order valence-electron chi connectivity index (χ1n) is 8.42. The summed E-state index contributed by atoms with van der Waals surface area (Å²) >= 11 is 0. The van der Waals surface area contributed by atoms with Crippen molar-refractivity contribution < 1.29 is 9.53 Å². The first-order valence-corrected chi connectivity index (χ1v) is 8.42. The summed E-state index contributed by atoms with van der Waals surface area (Å²) in [6.45, 7) is 1.75. The molecular formula is C16H29ClN2O2. The van der Waals surface area contributed by atoms with Crippen LogP contribution in [0.3, 0.4) is 0 Å². The Morgan fingerprint density at radius 2 is 1.57 bits per heavy atom. The molecule has 2 N–H and O–H groups in total. The van der Waals surface area contributed by atoms with Crippen molar-refractivity contribution in [2.75, 3.05) is 13.1 Å². The number of hydrogen-bond donors (Lipinski definition) is 1. The monoisotopic (exact) mass is 316 g/mol. The normalized spacial score (nSPS) is 31.4. The largest absolute Gasteiger partial charge is 0.375 e. The molecule has 2 saturated carbocycles.